The average molecular weight is 377 g/mol. The number of carbonyl (C=O) groups is 2. The van der Waals surface area contributed by atoms with Crippen LogP contribution in [0.3, 0.4) is 0 Å². The van der Waals surface area contributed by atoms with E-state index in [1.54, 1.807) is 28.9 Å². The molecule has 0 bridgehead atoms. The number of anilines is 1. The van der Waals surface area contributed by atoms with Crippen LogP contribution in [0.25, 0.3) is 5.69 Å². The molecule has 6 heteroatoms. The number of ketones is 1. The van der Waals surface area contributed by atoms with Gasteiger partial charge in [-0.3, -0.25) is 9.59 Å². The Bertz CT molecular complexity index is 1020. The summed E-state index contributed by atoms with van der Waals surface area (Å²) in [5, 5.41) is 7.40. The van der Waals surface area contributed by atoms with E-state index in [1.165, 1.54) is 12.5 Å². The van der Waals surface area contributed by atoms with Gasteiger partial charge in [-0.25, -0.2) is 4.68 Å². The first-order valence-corrected chi connectivity index (χ1v) is 9.02. The van der Waals surface area contributed by atoms with E-state index in [-0.39, 0.29) is 18.3 Å². The van der Waals surface area contributed by atoms with E-state index in [1.807, 2.05) is 45.0 Å². The molecule has 0 unspecified atom stereocenters. The highest BCUT2D eigenvalue weighted by Gasteiger charge is 2.16. The summed E-state index contributed by atoms with van der Waals surface area (Å²) < 4.78 is 7.36. The zero-order valence-electron chi connectivity index (χ0n) is 16.4. The number of nitrogens with zero attached hydrogens (tertiary/aromatic N) is 2. The molecule has 0 aliphatic rings. The standard InChI is InChI=1S/C22H23N3O3/c1-14-9-11-18(12-10-14)25-16(3)22(15(2)24-25)23-21(27)13-28-20-8-6-5-7-19(20)17(4)26/h5-12H,13H2,1-4H3,(H,23,27). The summed E-state index contributed by atoms with van der Waals surface area (Å²) in [7, 11) is 0. The van der Waals surface area contributed by atoms with Crippen molar-refractivity contribution in [3.05, 3.63) is 71.0 Å². The predicted molar refractivity (Wildman–Crippen MR) is 108 cm³/mol. The van der Waals surface area contributed by atoms with Gasteiger partial charge in [-0.1, -0.05) is 29.8 Å². The Morgan fingerprint density at radius 2 is 1.71 bits per heavy atom. The third-order valence-corrected chi connectivity index (χ3v) is 4.46. The van der Waals surface area contributed by atoms with Gasteiger partial charge in [0.25, 0.3) is 5.91 Å². The van der Waals surface area contributed by atoms with Crippen LogP contribution in [0.15, 0.2) is 48.5 Å². The molecule has 0 aliphatic carbocycles. The summed E-state index contributed by atoms with van der Waals surface area (Å²) in [4.78, 5) is 24.1. The second-order valence-corrected chi connectivity index (χ2v) is 6.68. The fourth-order valence-corrected chi connectivity index (χ4v) is 2.96. The Balaban J connectivity index is 1.73. The SMILES string of the molecule is CC(=O)c1ccccc1OCC(=O)Nc1c(C)nn(-c2ccc(C)cc2)c1C. The van der Waals surface area contributed by atoms with Gasteiger partial charge in [-0.15, -0.1) is 0 Å². The molecule has 1 amide bonds. The lowest BCUT2D eigenvalue weighted by molar-refractivity contribution is -0.118. The number of Topliss-reactive ketones (excluding diaryl/α,β-unsaturated/α-hetero) is 1. The van der Waals surface area contributed by atoms with Crippen molar-refractivity contribution in [2.45, 2.75) is 27.7 Å². The Morgan fingerprint density at radius 3 is 2.39 bits per heavy atom. The van der Waals surface area contributed by atoms with Crippen molar-refractivity contribution >= 4 is 17.4 Å². The summed E-state index contributed by atoms with van der Waals surface area (Å²) in [6.45, 7) is 7.05. The molecule has 0 saturated heterocycles. The van der Waals surface area contributed by atoms with Gasteiger partial charge in [0.05, 0.1) is 28.3 Å². The number of rotatable bonds is 6. The first-order chi connectivity index (χ1) is 13.4. The average Bonchev–Trinajstić information content (AvgIpc) is 2.95. The summed E-state index contributed by atoms with van der Waals surface area (Å²) in [5.41, 5.74) is 4.76. The minimum absolute atomic E-state index is 0.109. The van der Waals surface area contributed by atoms with Gasteiger partial charge in [-0.2, -0.15) is 5.10 Å². The monoisotopic (exact) mass is 377 g/mol. The molecule has 0 atom stereocenters. The van der Waals surface area contributed by atoms with E-state index in [9.17, 15) is 9.59 Å². The van der Waals surface area contributed by atoms with Gasteiger partial charge < -0.3 is 10.1 Å². The maximum atomic E-state index is 12.4. The lowest BCUT2D eigenvalue weighted by atomic mass is 10.1. The molecule has 6 nitrogen and oxygen atoms in total. The highest BCUT2D eigenvalue weighted by atomic mass is 16.5. The predicted octanol–water partition coefficient (Wildman–Crippen LogP) is 4.02. The molecule has 1 aromatic heterocycles. The quantitative estimate of drug-likeness (QED) is 0.659. The fourth-order valence-electron chi connectivity index (χ4n) is 2.96. The van der Waals surface area contributed by atoms with Crippen molar-refractivity contribution in [3.63, 3.8) is 0 Å². The minimum Gasteiger partial charge on any atom is -0.483 e. The Labute approximate surface area is 164 Å². The smallest absolute Gasteiger partial charge is 0.262 e. The van der Waals surface area contributed by atoms with Crippen LogP contribution < -0.4 is 10.1 Å². The molecule has 0 radical (unpaired) electrons. The molecular formula is C22H23N3O3. The van der Waals surface area contributed by atoms with E-state index < -0.39 is 0 Å². The highest BCUT2D eigenvalue weighted by Crippen LogP contribution is 2.23. The van der Waals surface area contributed by atoms with Gasteiger partial charge in [0.1, 0.15) is 5.75 Å². The summed E-state index contributed by atoms with van der Waals surface area (Å²) in [6.07, 6.45) is 0. The zero-order valence-corrected chi connectivity index (χ0v) is 16.4. The number of nitrogens with one attached hydrogen (secondary N) is 1. The molecular weight excluding hydrogens is 354 g/mol. The van der Waals surface area contributed by atoms with Crippen LogP contribution >= 0.6 is 0 Å². The van der Waals surface area contributed by atoms with Crippen LogP contribution in [0.1, 0.15) is 34.2 Å². The number of aryl methyl sites for hydroxylation is 2. The second kappa shape index (κ2) is 8.08. The molecule has 28 heavy (non-hydrogen) atoms. The number of hydrogen-bond acceptors (Lipinski definition) is 4. The normalized spacial score (nSPS) is 10.6. The van der Waals surface area contributed by atoms with Crippen molar-refractivity contribution in [3.8, 4) is 11.4 Å². The highest BCUT2D eigenvalue weighted by molar-refractivity contribution is 5.97. The van der Waals surface area contributed by atoms with Crippen LogP contribution in [-0.4, -0.2) is 28.1 Å². The Morgan fingerprint density at radius 1 is 1.04 bits per heavy atom. The van der Waals surface area contributed by atoms with Gasteiger partial charge in [-0.05, 0) is 52.0 Å². The number of hydrogen-bond donors (Lipinski definition) is 1. The van der Waals surface area contributed by atoms with Crippen LogP contribution in [0.5, 0.6) is 5.75 Å². The lowest BCUT2D eigenvalue weighted by Crippen LogP contribution is -2.21. The van der Waals surface area contributed by atoms with Crippen molar-refractivity contribution in [1.82, 2.24) is 9.78 Å². The lowest BCUT2D eigenvalue weighted by Gasteiger charge is -2.10. The first-order valence-electron chi connectivity index (χ1n) is 9.02. The first kappa shape index (κ1) is 19.4. The molecule has 0 aliphatic heterocycles. The largest absolute Gasteiger partial charge is 0.483 e. The third kappa shape index (κ3) is 4.11. The molecule has 1 heterocycles. The molecule has 3 rings (SSSR count). The number of aromatic nitrogens is 2. The van der Waals surface area contributed by atoms with E-state index in [0.29, 0.717) is 17.0 Å². The van der Waals surface area contributed by atoms with E-state index in [4.69, 9.17) is 4.74 Å². The maximum absolute atomic E-state index is 12.4. The molecule has 2 aromatic carbocycles. The van der Waals surface area contributed by atoms with E-state index in [2.05, 4.69) is 10.4 Å². The summed E-state index contributed by atoms with van der Waals surface area (Å²) in [6, 6.07) is 14.9. The Hall–Kier alpha value is -3.41. The third-order valence-electron chi connectivity index (χ3n) is 4.46. The molecule has 0 saturated carbocycles. The van der Waals surface area contributed by atoms with Crippen LogP contribution in [-0.2, 0) is 4.79 Å². The zero-order chi connectivity index (χ0) is 20.3. The number of amides is 1. The minimum atomic E-state index is -0.312. The van der Waals surface area contributed by atoms with Gasteiger partial charge in [0.2, 0.25) is 0 Å². The molecule has 0 fully saturated rings. The molecule has 144 valence electrons. The van der Waals surface area contributed by atoms with Crippen molar-refractivity contribution in [2.75, 3.05) is 11.9 Å². The van der Waals surface area contributed by atoms with Crippen molar-refractivity contribution in [1.29, 1.82) is 0 Å². The van der Waals surface area contributed by atoms with E-state index in [0.717, 1.165) is 17.1 Å². The van der Waals surface area contributed by atoms with Crippen molar-refractivity contribution < 1.29 is 14.3 Å². The maximum Gasteiger partial charge on any atom is 0.262 e. The van der Waals surface area contributed by atoms with Crippen LogP contribution in [0.2, 0.25) is 0 Å². The fraction of sp³-hybridized carbons (Fsp3) is 0.227. The Kier molecular flexibility index (Phi) is 5.59. The number of benzene rings is 2. The van der Waals surface area contributed by atoms with Crippen LogP contribution in [0.4, 0.5) is 5.69 Å². The van der Waals surface area contributed by atoms with Gasteiger partial charge in [0.15, 0.2) is 12.4 Å². The number of carbonyl (C=O) groups excluding carboxylic acids is 2. The van der Waals surface area contributed by atoms with Gasteiger partial charge in [0, 0.05) is 0 Å². The number of para-hydroxylation sites is 1. The topological polar surface area (TPSA) is 73.2 Å². The molecule has 0 spiro atoms. The van der Waals surface area contributed by atoms with Crippen molar-refractivity contribution in [2.24, 2.45) is 0 Å². The molecule has 3 aromatic rings. The van der Waals surface area contributed by atoms with Gasteiger partial charge >= 0.3 is 0 Å². The second-order valence-electron chi connectivity index (χ2n) is 6.68. The van der Waals surface area contributed by atoms with Crippen LogP contribution in [0, 0.1) is 20.8 Å². The van der Waals surface area contributed by atoms with E-state index >= 15 is 0 Å². The summed E-state index contributed by atoms with van der Waals surface area (Å²) >= 11 is 0. The molecule has 1 N–H and O–H groups in total. The number of ether oxygens (including phenoxy) is 1. The summed E-state index contributed by atoms with van der Waals surface area (Å²) in [5.74, 6) is -0.0240.